The summed E-state index contributed by atoms with van der Waals surface area (Å²) in [5, 5.41) is 6.22. The first-order valence-corrected chi connectivity index (χ1v) is 8.24. The summed E-state index contributed by atoms with van der Waals surface area (Å²) < 4.78 is 0. The van der Waals surface area contributed by atoms with Gasteiger partial charge in [-0.15, -0.1) is 0 Å². The van der Waals surface area contributed by atoms with Gasteiger partial charge in [-0.05, 0) is 41.8 Å². The Morgan fingerprint density at radius 1 is 1.08 bits per heavy atom. The van der Waals surface area contributed by atoms with Crippen molar-refractivity contribution in [3.63, 3.8) is 0 Å². The second-order valence-corrected chi connectivity index (χ2v) is 5.61. The minimum atomic E-state index is -0.217. The minimum absolute atomic E-state index is 0.217. The van der Waals surface area contributed by atoms with Gasteiger partial charge in [0.1, 0.15) is 5.69 Å². The van der Waals surface area contributed by atoms with Gasteiger partial charge in [-0.1, -0.05) is 31.2 Å². The number of aromatic nitrogens is 2. The SMILES string of the molecule is CCc1ccccc1NC(=O)c1cc(NCc2cccnc2)ccn1. The number of anilines is 2. The van der Waals surface area contributed by atoms with Crippen LogP contribution in [-0.4, -0.2) is 15.9 Å². The van der Waals surface area contributed by atoms with Crippen LogP contribution in [0.15, 0.2) is 67.1 Å². The predicted molar refractivity (Wildman–Crippen MR) is 99.6 cm³/mol. The fourth-order valence-electron chi connectivity index (χ4n) is 2.51. The van der Waals surface area contributed by atoms with Gasteiger partial charge in [0.2, 0.25) is 0 Å². The van der Waals surface area contributed by atoms with E-state index >= 15 is 0 Å². The molecule has 0 unspecified atom stereocenters. The maximum absolute atomic E-state index is 12.5. The van der Waals surface area contributed by atoms with Gasteiger partial charge in [0.15, 0.2) is 0 Å². The van der Waals surface area contributed by atoms with E-state index in [1.165, 1.54) is 0 Å². The summed E-state index contributed by atoms with van der Waals surface area (Å²) in [5.74, 6) is -0.217. The van der Waals surface area contributed by atoms with Crippen molar-refractivity contribution in [2.75, 3.05) is 10.6 Å². The molecule has 5 nitrogen and oxygen atoms in total. The molecule has 0 spiro atoms. The number of nitrogens with one attached hydrogen (secondary N) is 2. The number of para-hydroxylation sites is 1. The van der Waals surface area contributed by atoms with Crippen molar-refractivity contribution >= 4 is 17.3 Å². The molecule has 0 fully saturated rings. The maximum Gasteiger partial charge on any atom is 0.274 e. The third-order valence-electron chi connectivity index (χ3n) is 3.86. The van der Waals surface area contributed by atoms with Gasteiger partial charge in [-0.2, -0.15) is 0 Å². The summed E-state index contributed by atoms with van der Waals surface area (Å²) in [6.45, 7) is 2.70. The van der Waals surface area contributed by atoms with Crippen LogP contribution in [-0.2, 0) is 13.0 Å². The van der Waals surface area contributed by atoms with E-state index in [1.807, 2.05) is 48.7 Å². The van der Waals surface area contributed by atoms with Crippen LogP contribution in [0.1, 0.15) is 28.5 Å². The molecule has 0 radical (unpaired) electrons. The van der Waals surface area contributed by atoms with Crippen LogP contribution in [0.4, 0.5) is 11.4 Å². The van der Waals surface area contributed by atoms with E-state index in [4.69, 9.17) is 0 Å². The normalized spacial score (nSPS) is 10.3. The van der Waals surface area contributed by atoms with Crippen molar-refractivity contribution < 1.29 is 4.79 Å². The monoisotopic (exact) mass is 332 g/mol. The average Bonchev–Trinajstić information content (AvgIpc) is 2.68. The highest BCUT2D eigenvalue weighted by atomic mass is 16.1. The molecule has 2 aromatic heterocycles. The Labute approximate surface area is 147 Å². The van der Waals surface area contributed by atoms with Crippen molar-refractivity contribution in [1.29, 1.82) is 0 Å². The molecule has 126 valence electrons. The maximum atomic E-state index is 12.5. The number of benzene rings is 1. The highest BCUT2D eigenvalue weighted by Crippen LogP contribution is 2.17. The van der Waals surface area contributed by atoms with Gasteiger partial charge in [-0.3, -0.25) is 14.8 Å². The topological polar surface area (TPSA) is 66.9 Å². The first kappa shape index (κ1) is 16.6. The van der Waals surface area contributed by atoms with Crippen LogP contribution in [0.25, 0.3) is 0 Å². The molecular weight excluding hydrogens is 312 g/mol. The lowest BCUT2D eigenvalue weighted by Crippen LogP contribution is -2.15. The molecule has 0 atom stereocenters. The quantitative estimate of drug-likeness (QED) is 0.718. The largest absolute Gasteiger partial charge is 0.381 e. The fraction of sp³-hybridized carbons (Fsp3) is 0.150. The van der Waals surface area contributed by atoms with Crippen molar-refractivity contribution in [1.82, 2.24) is 9.97 Å². The first-order chi connectivity index (χ1) is 12.3. The summed E-state index contributed by atoms with van der Waals surface area (Å²) >= 11 is 0. The van der Waals surface area contributed by atoms with Gasteiger partial charge in [0.25, 0.3) is 5.91 Å². The Morgan fingerprint density at radius 3 is 2.76 bits per heavy atom. The second kappa shape index (κ2) is 8.06. The third kappa shape index (κ3) is 4.41. The van der Waals surface area contributed by atoms with Gasteiger partial charge in [0.05, 0.1) is 0 Å². The number of hydrogen-bond acceptors (Lipinski definition) is 4. The molecule has 0 bridgehead atoms. The molecule has 2 N–H and O–H groups in total. The Balaban J connectivity index is 1.69. The Bertz CT molecular complexity index is 849. The van der Waals surface area contributed by atoms with Crippen LogP contribution in [0, 0.1) is 0 Å². The zero-order valence-electron chi connectivity index (χ0n) is 14.1. The standard InChI is InChI=1S/C20H20N4O/c1-2-16-7-3-4-8-18(16)24-20(25)19-12-17(9-11-22-19)23-14-15-6-5-10-21-13-15/h3-13H,2,14H2,1H3,(H,22,23)(H,24,25). The van der Waals surface area contributed by atoms with Crippen molar-refractivity contribution in [3.8, 4) is 0 Å². The third-order valence-corrected chi connectivity index (χ3v) is 3.86. The highest BCUT2D eigenvalue weighted by Gasteiger charge is 2.10. The fourth-order valence-corrected chi connectivity index (χ4v) is 2.51. The molecule has 25 heavy (non-hydrogen) atoms. The Kier molecular flexibility index (Phi) is 5.36. The van der Waals surface area contributed by atoms with Crippen molar-refractivity contribution in [2.45, 2.75) is 19.9 Å². The van der Waals surface area contributed by atoms with Crippen molar-refractivity contribution in [3.05, 3.63) is 83.9 Å². The molecule has 0 aliphatic heterocycles. The van der Waals surface area contributed by atoms with E-state index < -0.39 is 0 Å². The molecule has 1 aromatic carbocycles. The van der Waals surface area contributed by atoms with Crippen molar-refractivity contribution in [2.24, 2.45) is 0 Å². The van der Waals surface area contributed by atoms with Gasteiger partial charge in [0, 0.05) is 36.5 Å². The highest BCUT2D eigenvalue weighted by molar-refractivity contribution is 6.03. The smallest absolute Gasteiger partial charge is 0.274 e. The first-order valence-electron chi connectivity index (χ1n) is 8.24. The number of nitrogens with zero attached hydrogens (tertiary/aromatic N) is 2. The summed E-state index contributed by atoms with van der Waals surface area (Å²) in [6, 6.07) is 15.3. The number of carbonyl (C=O) groups is 1. The van der Waals surface area contributed by atoms with Crippen LogP contribution in [0.5, 0.6) is 0 Å². The number of hydrogen-bond donors (Lipinski definition) is 2. The average molecular weight is 332 g/mol. The summed E-state index contributed by atoms with van der Waals surface area (Å²) in [4.78, 5) is 20.8. The Morgan fingerprint density at radius 2 is 1.96 bits per heavy atom. The number of carbonyl (C=O) groups excluding carboxylic acids is 1. The summed E-state index contributed by atoms with van der Waals surface area (Å²) in [5.41, 5.74) is 4.21. The molecular formula is C20H20N4O. The molecule has 0 aliphatic rings. The molecule has 2 heterocycles. The predicted octanol–water partition coefficient (Wildman–Crippen LogP) is 3.90. The van der Waals surface area contributed by atoms with Crippen LogP contribution in [0.3, 0.4) is 0 Å². The molecule has 0 saturated heterocycles. The summed E-state index contributed by atoms with van der Waals surface area (Å²) in [7, 11) is 0. The lowest BCUT2D eigenvalue weighted by molar-refractivity contribution is 0.102. The molecule has 1 amide bonds. The van der Waals surface area contributed by atoms with E-state index in [0.717, 1.165) is 28.9 Å². The van der Waals surface area contributed by atoms with Crippen LogP contribution in [0.2, 0.25) is 0 Å². The molecule has 5 heteroatoms. The van der Waals surface area contributed by atoms with E-state index in [1.54, 1.807) is 18.5 Å². The lowest BCUT2D eigenvalue weighted by Gasteiger charge is -2.10. The van der Waals surface area contributed by atoms with E-state index in [0.29, 0.717) is 12.2 Å². The number of aryl methyl sites for hydroxylation is 1. The van der Waals surface area contributed by atoms with E-state index in [2.05, 4.69) is 27.5 Å². The zero-order chi connectivity index (χ0) is 17.5. The summed E-state index contributed by atoms with van der Waals surface area (Å²) in [6.07, 6.45) is 6.04. The molecule has 0 saturated carbocycles. The van der Waals surface area contributed by atoms with E-state index in [-0.39, 0.29) is 5.91 Å². The molecule has 3 aromatic rings. The zero-order valence-corrected chi connectivity index (χ0v) is 14.1. The number of pyridine rings is 2. The number of rotatable bonds is 6. The van der Waals surface area contributed by atoms with E-state index in [9.17, 15) is 4.79 Å². The van der Waals surface area contributed by atoms with Gasteiger partial charge in [-0.25, -0.2) is 0 Å². The molecule has 0 aliphatic carbocycles. The second-order valence-electron chi connectivity index (χ2n) is 5.61. The number of amides is 1. The van der Waals surface area contributed by atoms with Crippen LogP contribution < -0.4 is 10.6 Å². The Hall–Kier alpha value is -3.21. The van der Waals surface area contributed by atoms with Crippen LogP contribution >= 0.6 is 0 Å². The van der Waals surface area contributed by atoms with Gasteiger partial charge >= 0.3 is 0 Å². The lowest BCUT2D eigenvalue weighted by atomic mass is 10.1. The minimum Gasteiger partial charge on any atom is -0.381 e. The molecule has 3 rings (SSSR count). The van der Waals surface area contributed by atoms with Gasteiger partial charge < -0.3 is 10.6 Å².